The summed E-state index contributed by atoms with van der Waals surface area (Å²) >= 11 is 6.87. The number of rotatable bonds is 0. The summed E-state index contributed by atoms with van der Waals surface area (Å²) in [5.41, 5.74) is 0. The Morgan fingerprint density at radius 2 is 1.22 bits per heavy atom. The average Bonchev–Trinajstić information content (AvgIpc) is 2.68. The molecule has 1 heterocycles. The first kappa shape index (κ1) is 14.3. The van der Waals surface area contributed by atoms with Crippen molar-refractivity contribution in [3.05, 3.63) is 45.3 Å². The first-order chi connectivity index (χ1) is 8.65. The molecule has 0 radical (unpaired) electrons. The van der Waals surface area contributed by atoms with Crippen molar-refractivity contribution in [1.29, 1.82) is 0 Å². The van der Waals surface area contributed by atoms with Crippen molar-refractivity contribution in [2.45, 2.75) is 0 Å². The Kier molecular flexibility index (Phi) is 5.09. The SMILES string of the molecule is Brc1ccc2sc3ccc(Br)cc3c2c1.[O]=[Ti]=[O]. The van der Waals surface area contributed by atoms with Crippen molar-refractivity contribution in [3.8, 4) is 0 Å². The van der Waals surface area contributed by atoms with Crippen molar-refractivity contribution < 1.29 is 25.7 Å². The van der Waals surface area contributed by atoms with Crippen LogP contribution >= 0.6 is 43.2 Å². The van der Waals surface area contributed by atoms with Gasteiger partial charge in [-0.3, -0.25) is 0 Å². The molecule has 0 aliphatic heterocycles. The molecule has 6 heteroatoms. The number of thiophene rings is 1. The minimum atomic E-state index is -2.00. The predicted octanol–water partition coefficient (Wildman–Crippen LogP) is 5.34. The Bertz CT molecular complexity index is 692. The Morgan fingerprint density at radius 3 is 1.61 bits per heavy atom. The molecule has 3 aromatic rings. The molecular formula is C12H6Br2O2STi. The maximum atomic E-state index is 8.50. The zero-order chi connectivity index (χ0) is 13.1. The second-order valence-corrected chi connectivity index (χ2v) is 6.64. The van der Waals surface area contributed by atoms with E-state index in [1.807, 2.05) is 11.3 Å². The van der Waals surface area contributed by atoms with E-state index in [0.29, 0.717) is 0 Å². The van der Waals surface area contributed by atoms with Crippen LogP contribution in [0.3, 0.4) is 0 Å². The zero-order valence-corrected chi connectivity index (χ0v) is 14.5. The Labute approximate surface area is 133 Å². The van der Waals surface area contributed by atoms with E-state index in [2.05, 4.69) is 68.3 Å². The van der Waals surface area contributed by atoms with Gasteiger partial charge in [-0.05, 0) is 36.4 Å². The van der Waals surface area contributed by atoms with Gasteiger partial charge in [0, 0.05) is 29.1 Å². The quantitative estimate of drug-likeness (QED) is 0.459. The Balaban J connectivity index is 0.000000367. The van der Waals surface area contributed by atoms with Crippen LogP contribution in [-0.2, 0) is 25.7 Å². The first-order valence-corrected chi connectivity index (χ1v) is 8.60. The molecule has 90 valence electrons. The molecule has 0 amide bonds. The summed E-state index contributed by atoms with van der Waals surface area (Å²) in [7, 11) is 0. The molecule has 3 rings (SSSR count). The summed E-state index contributed by atoms with van der Waals surface area (Å²) in [6, 6.07) is 12.9. The summed E-state index contributed by atoms with van der Waals surface area (Å²) in [6.07, 6.45) is 0. The van der Waals surface area contributed by atoms with Gasteiger partial charge < -0.3 is 0 Å². The fourth-order valence-electron chi connectivity index (χ4n) is 1.72. The summed E-state index contributed by atoms with van der Waals surface area (Å²) in [5, 5.41) is 2.65. The van der Waals surface area contributed by atoms with Gasteiger partial charge in [0.05, 0.1) is 0 Å². The van der Waals surface area contributed by atoms with Crippen LogP contribution in [0.15, 0.2) is 45.3 Å². The summed E-state index contributed by atoms with van der Waals surface area (Å²) in [6.45, 7) is 0. The minimum absolute atomic E-state index is 1.13. The number of halogens is 2. The van der Waals surface area contributed by atoms with Gasteiger partial charge in [-0.2, -0.15) is 0 Å². The van der Waals surface area contributed by atoms with E-state index in [-0.39, 0.29) is 0 Å². The van der Waals surface area contributed by atoms with Crippen LogP contribution in [0, 0.1) is 0 Å². The van der Waals surface area contributed by atoms with Gasteiger partial charge in [0.1, 0.15) is 0 Å². The molecule has 0 fully saturated rings. The molecule has 18 heavy (non-hydrogen) atoms. The second kappa shape index (κ2) is 6.39. The van der Waals surface area contributed by atoms with Gasteiger partial charge >= 0.3 is 25.7 Å². The molecule has 2 aromatic carbocycles. The van der Waals surface area contributed by atoms with Crippen LogP contribution in [0.5, 0.6) is 0 Å². The number of fused-ring (bicyclic) bond motifs is 3. The normalized spacial score (nSPS) is 9.89. The molecule has 0 N–H and O–H groups in total. The molecule has 0 atom stereocenters. The van der Waals surface area contributed by atoms with E-state index >= 15 is 0 Å². The van der Waals surface area contributed by atoms with Crippen LogP contribution in [0.1, 0.15) is 0 Å². The third-order valence-corrected chi connectivity index (χ3v) is 4.53. The maximum absolute atomic E-state index is 8.50. The molecule has 0 saturated carbocycles. The first-order valence-electron chi connectivity index (χ1n) is 4.92. The molecule has 0 spiro atoms. The van der Waals surface area contributed by atoms with E-state index in [1.165, 1.54) is 20.2 Å². The number of benzene rings is 2. The van der Waals surface area contributed by atoms with Crippen LogP contribution in [0.4, 0.5) is 0 Å². The van der Waals surface area contributed by atoms with Gasteiger partial charge in [0.15, 0.2) is 0 Å². The Morgan fingerprint density at radius 1 is 0.833 bits per heavy atom. The van der Waals surface area contributed by atoms with Crippen LogP contribution < -0.4 is 0 Å². The van der Waals surface area contributed by atoms with E-state index < -0.39 is 19.1 Å². The topological polar surface area (TPSA) is 34.1 Å². The van der Waals surface area contributed by atoms with E-state index in [0.717, 1.165) is 8.95 Å². The third kappa shape index (κ3) is 3.09. The van der Waals surface area contributed by atoms with Crippen molar-refractivity contribution in [2.24, 2.45) is 0 Å². The molecule has 0 aliphatic rings. The molecule has 0 bridgehead atoms. The second-order valence-electron chi connectivity index (χ2n) is 3.47. The van der Waals surface area contributed by atoms with Crippen LogP contribution in [0.2, 0.25) is 0 Å². The molecule has 0 unspecified atom stereocenters. The molecule has 2 nitrogen and oxygen atoms in total. The molecule has 0 saturated heterocycles. The van der Waals surface area contributed by atoms with Crippen LogP contribution in [0.25, 0.3) is 20.2 Å². The average molecular weight is 422 g/mol. The summed E-state index contributed by atoms with van der Waals surface area (Å²) in [4.78, 5) is 0. The summed E-state index contributed by atoms with van der Waals surface area (Å²) < 4.78 is 21.9. The van der Waals surface area contributed by atoms with E-state index in [9.17, 15) is 0 Å². The molecule has 0 aliphatic carbocycles. The van der Waals surface area contributed by atoms with Gasteiger partial charge in [-0.1, -0.05) is 31.9 Å². The van der Waals surface area contributed by atoms with Crippen molar-refractivity contribution in [2.75, 3.05) is 0 Å². The van der Waals surface area contributed by atoms with E-state index in [4.69, 9.17) is 6.65 Å². The monoisotopic (exact) mass is 420 g/mol. The van der Waals surface area contributed by atoms with Crippen molar-refractivity contribution in [1.82, 2.24) is 0 Å². The van der Waals surface area contributed by atoms with Crippen molar-refractivity contribution in [3.63, 3.8) is 0 Å². The molecule has 1 aromatic heterocycles. The molecular weight excluding hydrogens is 416 g/mol. The fourth-order valence-corrected chi connectivity index (χ4v) is 3.51. The van der Waals surface area contributed by atoms with Crippen LogP contribution in [-0.4, -0.2) is 0 Å². The van der Waals surface area contributed by atoms with Gasteiger partial charge in [-0.25, -0.2) is 0 Å². The number of hydrogen-bond donors (Lipinski definition) is 0. The van der Waals surface area contributed by atoms with E-state index in [1.54, 1.807) is 0 Å². The summed E-state index contributed by atoms with van der Waals surface area (Å²) in [5.74, 6) is 0. The van der Waals surface area contributed by atoms with Gasteiger partial charge in [-0.15, -0.1) is 11.3 Å². The van der Waals surface area contributed by atoms with Gasteiger partial charge in [0.25, 0.3) is 0 Å². The standard InChI is InChI=1S/C12H6Br2S.2O.Ti/c13-7-1-3-11-9(5-7)10-6-8(14)2-4-12(10)15-11;;;/h1-6H;;;. The number of hydrogen-bond acceptors (Lipinski definition) is 3. The predicted molar refractivity (Wildman–Crippen MR) is 76.1 cm³/mol. The Hall–Kier alpha value is -0.0657. The van der Waals surface area contributed by atoms with Crippen molar-refractivity contribution >= 4 is 63.4 Å². The fraction of sp³-hybridized carbons (Fsp3) is 0. The third-order valence-electron chi connectivity index (χ3n) is 2.39. The van der Waals surface area contributed by atoms with Gasteiger partial charge in [0.2, 0.25) is 0 Å². The zero-order valence-electron chi connectivity index (χ0n) is 8.94.